The molecule has 1 aliphatic rings. The minimum atomic E-state index is -0.945. The minimum Gasteiger partial charge on any atom is -0.507 e. The van der Waals surface area contributed by atoms with Crippen LogP contribution in [0, 0.1) is 20.8 Å². The number of anilines is 1. The highest BCUT2D eigenvalue weighted by Crippen LogP contribution is 2.45. The number of rotatable bonds is 4. The van der Waals surface area contributed by atoms with Crippen LogP contribution >= 0.6 is 11.3 Å². The van der Waals surface area contributed by atoms with Gasteiger partial charge in [0, 0.05) is 5.56 Å². The van der Waals surface area contributed by atoms with Crippen molar-refractivity contribution >= 4 is 44.1 Å². The normalized spacial score (nSPS) is 17.6. The van der Waals surface area contributed by atoms with E-state index in [1.807, 2.05) is 32.9 Å². The van der Waals surface area contributed by atoms with Crippen LogP contribution in [-0.4, -0.2) is 28.9 Å². The van der Waals surface area contributed by atoms with Gasteiger partial charge in [-0.2, -0.15) is 0 Å². The molecule has 1 saturated heterocycles. The second kappa shape index (κ2) is 8.14. The SMILES string of the molecule is COc1ccc(C(O)=C2C(=O)C(=O)N(c3nc4c(C)cc(C)cc4s3)C2c2ccco2)cc1C. The molecule has 2 aromatic heterocycles. The number of hydrogen-bond acceptors (Lipinski definition) is 7. The smallest absolute Gasteiger partial charge is 0.302 e. The second-order valence-corrected chi connectivity index (χ2v) is 9.30. The fraction of sp³-hybridized carbons (Fsp3) is 0.192. The molecule has 0 bridgehead atoms. The highest BCUT2D eigenvalue weighted by atomic mass is 32.1. The fourth-order valence-electron chi connectivity index (χ4n) is 4.39. The van der Waals surface area contributed by atoms with Gasteiger partial charge in [-0.05, 0) is 73.9 Å². The molecule has 1 amide bonds. The number of carbonyl (C=O) groups excluding carboxylic acids is 2. The fourth-order valence-corrected chi connectivity index (χ4v) is 5.56. The number of fused-ring (bicyclic) bond motifs is 1. The molecule has 0 radical (unpaired) electrons. The van der Waals surface area contributed by atoms with Crippen molar-refractivity contribution in [3.8, 4) is 5.75 Å². The van der Waals surface area contributed by atoms with Crippen molar-refractivity contribution in [2.75, 3.05) is 12.0 Å². The van der Waals surface area contributed by atoms with Crippen LogP contribution in [0.4, 0.5) is 5.13 Å². The van der Waals surface area contributed by atoms with Gasteiger partial charge in [0.1, 0.15) is 23.3 Å². The predicted octanol–water partition coefficient (Wildman–Crippen LogP) is 5.45. The van der Waals surface area contributed by atoms with Crippen LogP contribution in [0.5, 0.6) is 5.75 Å². The third-order valence-electron chi connectivity index (χ3n) is 5.95. The molecule has 4 aromatic rings. The second-order valence-electron chi connectivity index (χ2n) is 8.29. The van der Waals surface area contributed by atoms with E-state index in [1.54, 1.807) is 37.4 Å². The zero-order valence-corrected chi connectivity index (χ0v) is 19.9. The molecule has 3 heterocycles. The standard InChI is InChI=1S/C26H22N2O5S/c1-13-10-15(3)21-19(11-13)34-26(27-21)28-22(18-6-5-9-33-18)20(24(30)25(28)31)23(29)16-7-8-17(32-4)14(2)12-16/h5-12,22,29H,1-4H3. The Hall–Kier alpha value is -3.91. The first kappa shape index (κ1) is 21.9. The van der Waals surface area contributed by atoms with Crippen molar-refractivity contribution in [1.82, 2.24) is 4.98 Å². The van der Waals surface area contributed by atoms with E-state index in [1.165, 1.54) is 22.5 Å². The van der Waals surface area contributed by atoms with Gasteiger partial charge in [-0.1, -0.05) is 17.4 Å². The molecule has 0 spiro atoms. The van der Waals surface area contributed by atoms with Crippen LogP contribution in [-0.2, 0) is 9.59 Å². The molecule has 0 saturated carbocycles. The van der Waals surface area contributed by atoms with Crippen molar-refractivity contribution in [3.05, 3.63) is 82.3 Å². The van der Waals surface area contributed by atoms with Crippen molar-refractivity contribution in [1.29, 1.82) is 0 Å². The Labute approximate surface area is 199 Å². The number of carbonyl (C=O) groups is 2. The lowest BCUT2D eigenvalue weighted by molar-refractivity contribution is -0.132. The highest BCUT2D eigenvalue weighted by Gasteiger charge is 2.49. The van der Waals surface area contributed by atoms with Crippen molar-refractivity contribution in [3.63, 3.8) is 0 Å². The van der Waals surface area contributed by atoms with Crippen molar-refractivity contribution in [2.24, 2.45) is 0 Å². The first-order chi connectivity index (χ1) is 16.3. The van der Waals surface area contributed by atoms with Crippen LogP contribution < -0.4 is 9.64 Å². The Bertz CT molecular complexity index is 1480. The average Bonchev–Trinajstić information content (AvgIpc) is 3.52. The van der Waals surface area contributed by atoms with Crippen LogP contribution in [0.1, 0.15) is 34.1 Å². The van der Waals surface area contributed by atoms with Gasteiger partial charge >= 0.3 is 5.91 Å². The maximum Gasteiger partial charge on any atom is 0.302 e. The number of aliphatic hydroxyl groups excluding tert-OH is 1. The van der Waals surface area contributed by atoms with E-state index in [9.17, 15) is 14.7 Å². The number of aromatic nitrogens is 1. The molecular formula is C26H22N2O5S. The van der Waals surface area contributed by atoms with E-state index in [0.29, 0.717) is 22.2 Å². The monoisotopic (exact) mass is 474 g/mol. The van der Waals surface area contributed by atoms with E-state index < -0.39 is 17.7 Å². The lowest BCUT2D eigenvalue weighted by Crippen LogP contribution is -2.29. The summed E-state index contributed by atoms with van der Waals surface area (Å²) in [4.78, 5) is 32.6. The lowest BCUT2D eigenvalue weighted by atomic mass is 9.98. The summed E-state index contributed by atoms with van der Waals surface area (Å²) in [6, 6.07) is 11.5. The molecule has 1 fully saturated rings. The first-order valence-electron chi connectivity index (χ1n) is 10.7. The Balaban J connectivity index is 1.71. The quantitative estimate of drug-likeness (QED) is 0.240. The van der Waals surface area contributed by atoms with Crippen LogP contribution in [0.2, 0.25) is 0 Å². The molecule has 7 nitrogen and oxygen atoms in total. The van der Waals surface area contributed by atoms with Crippen molar-refractivity contribution in [2.45, 2.75) is 26.8 Å². The van der Waals surface area contributed by atoms with E-state index >= 15 is 0 Å². The summed E-state index contributed by atoms with van der Waals surface area (Å²) in [6.45, 7) is 5.80. The molecular weight excluding hydrogens is 452 g/mol. The molecule has 1 N–H and O–H groups in total. The number of aryl methyl sites for hydroxylation is 3. The number of amides is 1. The van der Waals surface area contributed by atoms with E-state index in [0.717, 1.165) is 26.9 Å². The molecule has 0 aliphatic carbocycles. The Kier molecular flexibility index (Phi) is 5.25. The van der Waals surface area contributed by atoms with Gasteiger partial charge in [0.05, 0.1) is 29.2 Å². The van der Waals surface area contributed by atoms with Crippen LogP contribution in [0.3, 0.4) is 0 Å². The van der Waals surface area contributed by atoms with Gasteiger partial charge < -0.3 is 14.3 Å². The third-order valence-corrected chi connectivity index (χ3v) is 6.95. The maximum atomic E-state index is 13.3. The van der Waals surface area contributed by atoms with E-state index in [-0.39, 0.29) is 11.3 Å². The molecule has 1 unspecified atom stereocenters. The summed E-state index contributed by atoms with van der Waals surface area (Å²) < 4.78 is 11.8. The minimum absolute atomic E-state index is 0.0447. The predicted molar refractivity (Wildman–Crippen MR) is 130 cm³/mol. The number of benzene rings is 2. The number of nitrogens with zero attached hydrogens (tertiary/aromatic N) is 2. The molecule has 172 valence electrons. The third kappa shape index (κ3) is 3.38. The number of ether oxygens (including phenoxy) is 1. The summed E-state index contributed by atoms with van der Waals surface area (Å²) in [5.74, 6) is -0.819. The summed E-state index contributed by atoms with van der Waals surface area (Å²) in [5.41, 5.74) is 3.99. The van der Waals surface area contributed by atoms with E-state index in [4.69, 9.17) is 14.1 Å². The Morgan fingerprint density at radius 2 is 1.91 bits per heavy atom. The zero-order chi connectivity index (χ0) is 24.1. The van der Waals surface area contributed by atoms with Crippen LogP contribution in [0.25, 0.3) is 16.0 Å². The highest BCUT2D eigenvalue weighted by molar-refractivity contribution is 7.22. The number of aliphatic hydroxyl groups is 1. The summed E-state index contributed by atoms with van der Waals surface area (Å²) in [6.07, 6.45) is 1.47. The molecule has 1 aliphatic heterocycles. The Morgan fingerprint density at radius 3 is 2.59 bits per heavy atom. The van der Waals surface area contributed by atoms with Gasteiger partial charge in [-0.3, -0.25) is 14.5 Å². The van der Waals surface area contributed by atoms with Gasteiger partial charge in [0.25, 0.3) is 5.78 Å². The zero-order valence-electron chi connectivity index (χ0n) is 19.1. The number of ketones is 1. The van der Waals surface area contributed by atoms with Gasteiger partial charge in [-0.15, -0.1) is 0 Å². The summed E-state index contributed by atoms with van der Waals surface area (Å²) >= 11 is 1.33. The number of thiazole rings is 1. The number of Topliss-reactive ketones (excluding diaryl/α,β-unsaturated/α-hetero) is 1. The molecule has 5 rings (SSSR count). The van der Waals surface area contributed by atoms with Gasteiger partial charge in [-0.25, -0.2) is 4.98 Å². The van der Waals surface area contributed by atoms with Crippen LogP contribution in [0.15, 0.2) is 58.7 Å². The van der Waals surface area contributed by atoms with Gasteiger partial charge in [0.15, 0.2) is 5.13 Å². The molecule has 34 heavy (non-hydrogen) atoms. The molecule has 2 aromatic carbocycles. The molecule has 1 atom stereocenters. The average molecular weight is 475 g/mol. The maximum absolute atomic E-state index is 13.3. The van der Waals surface area contributed by atoms with E-state index in [2.05, 4.69) is 0 Å². The number of hydrogen-bond donors (Lipinski definition) is 1. The van der Waals surface area contributed by atoms with Gasteiger partial charge in [0.2, 0.25) is 0 Å². The topological polar surface area (TPSA) is 92.9 Å². The summed E-state index contributed by atoms with van der Waals surface area (Å²) in [5, 5.41) is 11.6. The molecule has 8 heteroatoms. The largest absolute Gasteiger partial charge is 0.507 e. The number of methoxy groups -OCH3 is 1. The first-order valence-corrected chi connectivity index (χ1v) is 11.5. The lowest BCUT2D eigenvalue weighted by Gasteiger charge is -2.20. The Morgan fingerprint density at radius 1 is 1.12 bits per heavy atom. The summed E-state index contributed by atoms with van der Waals surface area (Å²) in [7, 11) is 1.56. The van der Waals surface area contributed by atoms with Crippen molar-refractivity contribution < 1.29 is 23.8 Å². The number of furan rings is 1.